The molecule has 2 N–H and O–H groups in total. The predicted molar refractivity (Wildman–Crippen MR) is 189 cm³/mol. The molecule has 2 aromatic rings. The number of carbonyl (C=O) groups is 4. The summed E-state index contributed by atoms with van der Waals surface area (Å²) in [5.41, 5.74) is 0.970. The summed E-state index contributed by atoms with van der Waals surface area (Å²) in [7, 11) is 0. The molecule has 11 heteroatoms. The molecular formula is C39H48N4O7. The van der Waals surface area contributed by atoms with Gasteiger partial charge in [-0.25, -0.2) is 0 Å². The number of rotatable bonds is 8. The van der Waals surface area contributed by atoms with Crippen molar-refractivity contribution in [3.05, 3.63) is 84.5 Å². The van der Waals surface area contributed by atoms with Crippen molar-refractivity contribution in [2.75, 3.05) is 42.6 Å². The lowest BCUT2D eigenvalue weighted by molar-refractivity contribution is -0.147. The summed E-state index contributed by atoms with van der Waals surface area (Å²) >= 11 is 0. The van der Waals surface area contributed by atoms with Gasteiger partial charge in [0.1, 0.15) is 18.2 Å². The molecule has 11 nitrogen and oxygen atoms in total. The number of aliphatic hydroxyl groups is 1. The van der Waals surface area contributed by atoms with Crippen LogP contribution < -0.4 is 15.1 Å². The Balaban J connectivity index is 1.45. The number of esters is 1. The molecule has 0 aromatic heterocycles. The average molecular weight is 685 g/mol. The first-order chi connectivity index (χ1) is 24.1. The third-order valence-corrected chi connectivity index (χ3v) is 10.6. The van der Waals surface area contributed by atoms with Crippen LogP contribution in [0, 0.1) is 17.8 Å². The number of nitrogens with zero attached hydrogens (tertiary/aromatic N) is 3. The van der Waals surface area contributed by atoms with Crippen LogP contribution >= 0.6 is 0 Å². The molecule has 7 atom stereocenters. The van der Waals surface area contributed by atoms with E-state index in [9.17, 15) is 19.5 Å². The van der Waals surface area contributed by atoms with Gasteiger partial charge in [-0.15, -0.1) is 0 Å². The minimum Gasteiger partial charge on any atom is -0.463 e. The number of anilines is 2. The Hall–Kier alpha value is -4.48. The second-order valence-corrected chi connectivity index (χ2v) is 13.7. The van der Waals surface area contributed by atoms with Gasteiger partial charge in [0.2, 0.25) is 11.8 Å². The lowest BCUT2D eigenvalue weighted by Crippen LogP contribution is -2.59. The maximum Gasteiger partial charge on any atom is 0.306 e. The van der Waals surface area contributed by atoms with E-state index in [4.69, 9.17) is 9.47 Å². The SMILES string of the molecule is CCN(CC)c1ccc(N2C/C=C\CCC(=O)OC[C@@H](c3ccccc3)NC(=O)[C@@H]3[C@@H]4C=C[C@]5(O4)[C@H](C2=O)N([C@@H](CO)C(C)C)C(=O)[C@@H]35)cc1. The number of benzene rings is 2. The quantitative estimate of drug-likeness (QED) is 0.318. The molecule has 50 heavy (non-hydrogen) atoms. The van der Waals surface area contributed by atoms with Crippen molar-refractivity contribution < 1.29 is 33.8 Å². The zero-order valence-electron chi connectivity index (χ0n) is 29.2. The van der Waals surface area contributed by atoms with Crippen LogP contribution in [0.3, 0.4) is 0 Å². The monoisotopic (exact) mass is 684 g/mol. The van der Waals surface area contributed by atoms with Gasteiger partial charge in [0.05, 0.1) is 36.6 Å². The van der Waals surface area contributed by atoms with Crippen molar-refractivity contribution in [2.45, 2.75) is 70.4 Å². The standard InChI is InChI=1S/C39H48N4O7/c1-5-41(6-2)27-16-18-28(19-17-27)42-22-12-8-11-15-32(45)49-24-29(26-13-9-7-10-14-26)40-36(46)33-31-20-21-39(50-31)34(33)37(47)43(35(39)38(42)48)30(23-44)25(3)4/h7-10,12-14,16-21,25,29-31,33-35,44H,5-6,11,15,22-24H2,1-4H3,(H,40,46)/b12-8-/t29-,30-,31-,33+,34+,35-,39+/m0/s1. The second-order valence-electron chi connectivity index (χ2n) is 13.7. The lowest BCUT2D eigenvalue weighted by atomic mass is 9.74. The van der Waals surface area contributed by atoms with Gasteiger partial charge >= 0.3 is 5.97 Å². The molecule has 0 saturated carbocycles. The van der Waals surface area contributed by atoms with Crippen molar-refractivity contribution in [1.29, 1.82) is 0 Å². The maximum atomic E-state index is 15.1. The van der Waals surface area contributed by atoms with Gasteiger partial charge in [0.25, 0.3) is 5.91 Å². The van der Waals surface area contributed by atoms with Crippen LogP contribution in [0.5, 0.6) is 0 Å². The molecule has 0 aliphatic carbocycles. The number of fused-ring (bicyclic) bond motifs is 2. The van der Waals surface area contributed by atoms with Crippen LogP contribution in [0.2, 0.25) is 0 Å². The third-order valence-electron chi connectivity index (χ3n) is 10.6. The van der Waals surface area contributed by atoms with Gasteiger partial charge in [-0.3, -0.25) is 19.2 Å². The minimum absolute atomic E-state index is 0.0828. The molecule has 0 unspecified atom stereocenters. The molecule has 1 spiro atoms. The first kappa shape index (κ1) is 35.3. The summed E-state index contributed by atoms with van der Waals surface area (Å²) in [5.74, 6) is -3.77. The number of aliphatic hydroxyl groups excluding tert-OH is 1. The van der Waals surface area contributed by atoms with Gasteiger partial charge < -0.3 is 34.6 Å². The number of likely N-dealkylation sites (tertiary alicyclic amines) is 1. The second kappa shape index (κ2) is 14.8. The van der Waals surface area contributed by atoms with Crippen molar-refractivity contribution in [1.82, 2.24) is 10.2 Å². The van der Waals surface area contributed by atoms with Crippen molar-refractivity contribution in [2.24, 2.45) is 17.8 Å². The van der Waals surface area contributed by atoms with E-state index in [1.165, 1.54) is 4.90 Å². The summed E-state index contributed by atoms with van der Waals surface area (Å²) in [6.07, 6.45) is 7.01. The van der Waals surface area contributed by atoms with Crippen LogP contribution in [0.4, 0.5) is 11.4 Å². The molecule has 2 fully saturated rings. The highest BCUT2D eigenvalue weighted by molar-refractivity contribution is 6.05. The molecule has 2 saturated heterocycles. The molecule has 4 aliphatic rings. The number of hydrogen-bond acceptors (Lipinski definition) is 8. The Morgan fingerprint density at radius 2 is 1.70 bits per heavy atom. The number of ether oxygens (including phenoxy) is 2. The molecular weight excluding hydrogens is 636 g/mol. The summed E-state index contributed by atoms with van der Waals surface area (Å²) < 4.78 is 12.3. The summed E-state index contributed by atoms with van der Waals surface area (Å²) in [6.45, 7) is 9.35. The molecule has 4 heterocycles. The zero-order valence-corrected chi connectivity index (χ0v) is 29.2. The number of nitrogens with one attached hydrogen (secondary N) is 1. The van der Waals surface area contributed by atoms with Gasteiger partial charge in [0.15, 0.2) is 0 Å². The lowest BCUT2D eigenvalue weighted by Gasteiger charge is -2.40. The minimum atomic E-state index is -1.42. The predicted octanol–water partition coefficient (Wildman–Crippen LogP) is 3.78. The largest absolute Gasteiger partial charge is 0.463 e. The van der Waals surface area contributed by atoms with Crippen LogP contribution in [-0.2, 0) is 28.7 Å². The normalized spacial score (nSPS) is 29.6. The number of hydrogen-bond donors (Lipinski definition) is 2. The van der Waals surface area contributed by atoms with Gasteiger partial charge in [-0.2, -0.15) is 0 Å². The van der Waals surface area contributed by atoms with Gasteiger partial charge in [-0.1, -0.05) is 68.5 Å². The fourth-order valence-electron chi connectivity index (χ4n) is 7.99. The zero-order chi connectivity index (χ0) is 35.6. The number of cyclic esters (lactones) is 1. The van der Waals surface area contributed by atoms with Crippen LogP contribution in [-0.4, -0.2) is 90.3 Å². The maximum absolute atomic E-state index is 15.1. The number of amides is 3. The average Bonchev–Trinajstić information content (AvgIpc) is 3.76. The van der Waals surface area contributed by atoms with Gasteiger partial charge in [0, 0.05) is 37.4 Å². The Labute approximate surface area is 293 Å². The van der Waals surface area contributed by atoms with E-state index in [0.717, 1.165) is 24.3 Å². The van der Waals surface area contributed by atoms with Crippen molar-refractivity contribution in [3.63, 3.8) is 0 Å². The Kier molecular flexibility index (Phi) is 10.5. The third kappa shape index (κ3) is 6.33. The van der Waals surface area contributed by atoms with Crippen molar-refractivity contribution >= 4 is 35.1 Å². The Morgan fingerprint density at radius 3 is 2.36 bits per heavy atom. The number of allylic oxidation sites excluding steroid dienone is 1. The molecule has 2 aromatic carbocycles. The highest BCUT2D eigenvalue weighted by Gasteiger charge is 2.74. The number of carbonyl (C=O) groups excluding carboxylic acids is 4. The molecule has 5 bridgehead atoms. The van der Waals surface area contributed by atoms with E-state index in [1.807, 2.05) is 80.6 Å². The van der Waals surface area contributed by atoms with E-state index in [0.29, 0.717) is 12.1 Å². The molecule has 4 aliphatic heterocycles. The molecule has 3 amide bonds. The highest BCUT2D eigenvalue weighted by atomic mass is 16.5. The van der Waals surface area contributed by atoms with Crippen LogP contribution in [0.1, 0.15) is 52.1 Å². The molecule has 0 radical (unpaired) electrons. The molecule has 266 valence electrons. The van der Waals surface area contributed by atoms with E-state index in [1.54, 1.807) is 17.1 Å². The Morgan fingerprint density at radius 1 is 0.980 bits per heavy atom. The van der Waals surface area contributed by atoms with E-state index in [2.05, 4.69) is 24.1 Å². The van der Waals surface area contributed by atoms with Crippen LogP contribution in [0.25, 0.3) is 0 Å². The fourth-order valence-corrected chi connectivity index (χ4v) is 7.99. The highest BCUT2D eigenvalue weighted by Crippen LogP contribution is 2.56. The van der Waals surface area contributed by atoms with E-state index >= 15 is 4.79 Å². The first-order valence-electron chi connectivity index (χ1n) is 17.8. The fraction of sp³-hybridized carbons (Fsp3) is 0.487. The molecule has 6 rings (SSSR count). The van der Waals surface area contributed by atoms with Gasteiger partial charge in [-0.05, 0) is 56.0 Å². The van der Waals surface area contributed by atoms with E-state index in [-0.39, 0.29) is 38.0 Å². The summed E-state index contributed by atoms with van der Waals surface area (Å²) in [4.78, 5) is 62.3. The summed E-state index contributed by atoms with van der Waals surface area (Å²) in [6, 6.07) is 14.5. The first-order valence-corrected chi connectivity index (χ1v) is 17.8. The summed E-state index contributed by atoms with van der Waals surface area (Å²) in [5, 5.41) is 13.7. The smallest absolute Gasteiger partial charge is 0.306 e. The Bertz CT molecular complexity index is 1620. The van der Waals surface area contributed by atoms with E-state index < -0.39 is 59.5 Å². The van der Waals surface area contributed by atoms with Crippen LogP contribution in [0.15, 0.2) is 78.9 Å². The van der Waals surface area contributed by atoms with Crippen molar-refractivity contribution in [3.8, 4) is 0 Å². The topological polar surface area (TPSA) is 129 Å².